The van der Waals surface area contributed by atoms with Crippen molar-refractivity contribution >= 4 is 11.8 Å². The van der Waals surface area contributed by atoms with Crippen LogP contribution in [0.4, 0.5) is 0 Å². The summed E-state index contributed by atoms with van der Waals surface area (Å²) in [5.41, 5.74) is 0.0216. The van der Waals surface area contributed by atoms with Gasteiger partial charge in [0.1, 0.15) is 5.76 Å². The molecule has 0 aromatic carbocycles. The van der Waals surface area contributed by atoms with Gasteiger partial charge in [-0.15, -0.1) is 11.8 Å². The molecule has 17 heavy (non-hydrogen) atoms. The van der Waals surface area contributed by atoms with Crippen LogP contribution in [0.25, 0.3) is 0 Å². The van der Waals surface area contributed by atoms with Crippen LogP contribution in [0.1, 0.15) is 51.5 Å². The Morgan fingerprint density at radius 2 is 2.06 bits per heavy atom. The van der Waals surface area contributed by atoms with Gasteiger partial charge in [0, 0.05) is 17.8 Å². The quantitative estimate of drug-likeness (QED) is 0.803. The minimum Gasteiger partial charge on any atom is -0.444 e. The van der Waals surface area contributed by atoms with E-state index in [0.29, 0.717) is 5.25 Å². The van der Waals surface area contributed by atoms with Crippen molar-refractivity contribution in [2.45, 2.75) is 50.5 Å². The molecule has 0 fully saturated rings. The predicted octanol–water partition coefficient (Wildman–Crippen LogP) is 3.80. The van der Waals surface area contributed by atoms with Crippen LogP contribution in [0.2, 0.25) is 0 Å². The molecular weight excluding hydrogens is 234 g/mol. The molecule has 3 nitrogen and oxygen atoms in total. The first kappa shape index (κ1) is 14.6. The van der Waals surface area contributed by atoms with Crippen molar-refractivity contribution in [2.24, 2.45) is 0 Å². The Morgan fingerprint density at radius 1 is 1.41 bits per heavy atom. The molecule has 2 atom stereocenters. The number of methoxy groups -OCH3 is 1. The Morgan fingerprint density at radius 3 is 2.53 bits per heavy atom. The lowest BCUT2D eigenvalue weighted by Gasteiger charge is -2.15. The van der Waals surface area contributed by atoms with Gasteiger partial charge in [-0.25, -0.2) is 4.98 Å². The summed E-state index contributed by atoms with van der Waals surface area (Å²) in [5.74, 6) is 1.75. The molecule has 0 aliphatic carbocycles. The summed E-state index contributed by atoms with van der Waals surface area (Å²) in [6.07, 6.45) is 1.84. The monoisotopic (exact) mass is 257 g/mol. The molecule has 1 aromatic heterocycles. The van der Waals surface area contributed by atoms with Gasteiger partial charge in [0.15, 0.2) is 0 Å². The SMILES string of the molecule is COCC(C)SC(C)c1ncc(C(C)(C)C)o1. The van der Waals surface area contributed by atoms with Crippen molar-refractivity contribution in [3.8, 4) is 0 Å². The fourth-order valence-electron chi connectivity index (χ4n) is 1.50. The molecule has 0 aliphatic heterocycles. The van der Waals surface area contributed by atoms with Gasteiger partial charge in [-0.05, 0) is 6.92 Å². The van der Waals surface area contributed by atoms with Crippen molar-refractivity contribution in [1.82, 2.24) is 4.98 Å². The first-order valence-electron chi connectivity index (χ1n) is 5.95. The third-order valence-corrected chi connectivity index (χ3v) is 3.66. The second kappa shape index (κ2) is 5.91. The lowest BCUT2D eigenvalue weighted by Crippen LogP contribution is -2.09. The lowest BCUT2D eigenvalue weighted by atomic mass is 9.94. The van der Waals surface area contributed by atoms with Crippen LogP contribution in [0.5, 0.6) is 0 Å². The summed E-state index contributed by atoms with van der Waals surface area (Å²) in [6, 6.07) is 0. The summed E-state index contributed by atoms with van der Waals surface area (Å²) >= 11 is 1.82. The normalized spacial score (nSPS) is 15.9. The zero-order valence-electron chi connectivity index (χ0n) is 11.6. The summed E-state index contributed by atoms with van der Waals surface area (Å²) in [6.45, 7) is 11.4. The zero-order chi connectivity index (χ0) is 13.1. The molecule has 4 heteroatoms. The molecule has 0 N–H and O–H groups in total. The third kappa shape index (κ3) is 4.36. The van der Waals surface area contributed by atoms with Crippen molar-refractivity contribution < 1.29 is 9.15 Å². The van der Waals surface area contributed by atoms with Gasteiger partial charge < -0.3 is 9.15 Å². The molecule has 2 unspecified atom stereocenters. The Labute approximate surface area is 108 Å². The van der Waals surface area contributed by atoms with E-state index in [2.05, 4.69) is 39.6 Å². The van der Waals surface area contributed by atoms with Crippen LogP contribution in [-0.2, 0) is 10.2 Å². The highest BCUT2D eigenvalue weighted by Gasteiger charge is 2.22. The van der Waals surface area contributed by atoms with E-state index < -0.39 is 0 Å². The molecule has 1 heterocycles. The summed E-state index contributed by atoms with van der Waals surface area (Å²) in [5, 5.41) is 0.705. The van der Waals surface area contributed by atoms with Crippen LogP contribution >= 0.6 is 11.8 Å². The lowest BCUT2D eigenvalue weighted by molar-refractivity contribution is 0.202. The van der Waals surface area contributed by atoms with E-state index in [1.807, 2.05) is 18.0 Å². The molecule has 0 amide bonds. The molecule has 0 spiro atoms. The van der Waals surface area contributed by atoms with E-state index in [1.165, 1.54) is 0 Å². The number of nitrogens with zero attached hydrogens (tertiary/aromatic N) is 1. The van der Waals surface area contributed by atoms with E-state index in [-0.39, 0.29) is 10.7 Å². The topological polar surface area (TPSA) is 35.3 Å². The molecule has 0 aliphatic rings. The van der Waals surface area contributed by atoms with Gasteiger partial charge in [-0.1, -0.05) is 27.7 Å². The fourth-order valence-corrected chi connectivity index (χ4v) is 2.64. The van der Waals surface area contributed by atoms with Crippen LogP contribution in [0, 0.1) is 0 Å². The maximum atomic E-state index is 5.82. The Hall–Kier alpha value is -0.480. The Balaban J connectivity index is 2.64. The Bertz CT molecular complexity index is 343. The summed E-state index contributed by atoms with van der Waals surface area (Å²) in [4.78, 5) is 4.37. The molecule has 98 valence electrons. The van der Waals surface area contributed by atoms with Crippen molar-refractivity contribution in [3.05, 3.63) is 17.8 Å². The first-order valence-corrected chi connectivity index (χ1v) is 6.89. The van der Waals surface area contributed by atoms with Crippen molar-refractivity contribution in [2.75, 3.05) is 13.7 Å². The van der Waals surface area contributed by atoms with Crippen molar-refractivity contribution in [1.29, 1.82) is 0 Å². The number of aromatic nitrogens is 1. The Kier molecular flexibility index (Phi) is 5.07. The van der Waals surface area contributed by atoms with E-state index in [9.17, 15) is 0 Å². The van der Waals surface area contributed by atoms with Crippen LogP contribution < -0.4 is 0 Å². The minimum atomic E-state index is 0.0216. The van der Waals surface area contributed by atoms with Crippen LogP contribution in [-0.4, -0.2) is 24.0 Å². The van der Waals surface area contributed by atoms with Gasteiger partial charge in [-0.3, -0.25) is 0 Å². The average Bonchev–Trinajstić information content (AvgIpc) is 2.65. The molecule has 1 rings (SSSR count). The smallest absolute Gasteiger partial charge is 0.207 e. The standard InChI is InChI=1S/C13H23NO2S/c1-9(8-15-6)17-10(2)12-14-7-11(16-12)13(3,4)5/h7,9-10H,8H2,1-6H3. The van der Waals surface area contributed by atoms with E-state index >= 15 is 0 Å². The van der Waals surface area contributed by atoms with Crippen molar-refractivity contribution in [3.63, 3.8) is 0 Å². The second-order valence-electron chi connectivity index (χ2n) is 5.36. The van der Waals surface area contributed by atoms with Gasteiger partial charge in [0.2, 0.25) is 5.89 Å². The maximum Gasteiger partial charge on any atom is 0.207 e. The van der Waals surface area contributed by atoms with Gasteiger partial charge in [0.05, 0.1) is 18.1 Å². The average molecular weight is 257 g/mol. The highest BCUT2D eigenvalue weighted by molar-refractivity contribution is 8.00. The van der Waals surface area contributed by atoms with Gasteiger partial charge in [-0.2, -0.15) is 0 Å². The highest BCUT2D eigenvalue weighted by atomic mass is 32.2. The van der Waals surface area contributed by atoms with Gasteiger partial charge in [0.25, 0.3) is 0 Å². The highest BCUT2D eigenvalue weighted by Crippen LogP contribution is 2.33. The maximum absolute atomic E-state index is 5.82. The molecule has 0 bridgehead atoms. The number of hydrogen-bond donors (Lipinski definition) is 0. The molecule has 0 saturated carbocycles. The first-order chi connectivity index (χ1) is 7.84. The minimum absolute atomic E-state index is 0.0216. The zero-order valence-corrected chi connectivity index (χ0v) is 12.4. The summed E-state index contributed by atoms with van der Waals surface area (Å²) < 4.78 is 10.9. The molecule has 1 aromatic rings. The molecular formula is C13H23NO2S. The number of rotatable bonds is 5. The second-order valence-corrected chi connectivity index (χ2v) is 7.14. The number of thioether (sulfide) groups is 1. The van der Waals surface area contributed by atoms with Gasteiger partial charge >= 0.3 is 0 Å². The third-order valence-electron chi connectivity index (χ3n) is 2.45. The van der Waals surface area contributed by atoms with E-state index in [4.69, 9.17) is 9.15 Å². The van der Waals surface area contributed by atoms with E-state index in [0.717, 1.165) is 18.3 Å². The predicted molar refractivity (Wildman–Crippen MR) is 72.5 cm³/mol. The number of oxazole rings is 1. The summed E-state index contributed by atoms with van der Waals surface area (Å²) in [7, 11) is 1.73. The van der Waals surface area contributed by atoms with Crippen LogP contribution in [0.3, 0.4) is 0 Å². The molecule has 0 radical (unpaired) electrons. The number of hydrogen-bond acceptors (Lipinski definition) is 4. The molecule has 0 saturated heterocycles. The van der Waals surface area contributed by atoms with Crippen LogP contribution in [0.15, 0.2) is 10.6 Å². The van der Waals surface area contributed by atoms with E-state index in [1.54, 1.807) is 7.11 Å². The largest absolute Gasteiger partial charge is 0.444 e. The fraction of sp³-hybridized carbons (Fsp3) is 0.769. The number of ether oxygens (including phenoxy) is 1.